The zero-order valence-corrected chi connectivity index (χ0v) is 12.0. The fourth-order valence-corrected chi connectivity index (χ4v) is 4.15. The topological polar surface area (TPSA) is 53.8 Å². The first-order chi connectivity index (χ1) is 9.77. The fraction of sp³-hybridized carbons (Fsp3) is 0.786. The number of fused-ring (bicyclic) bond motifs is 6. The molecule has 0 saturated carbocycles. The van der Waals surface area contributed by atoms with Crippen molar-refractivity contribution >= 4 is 5.97 Å². The van der Waals surface area contributed by atoms with Crippen LogP contribution in [0, 0.1) is 11.8 Å². The van der Waals surface area contributed by atoms with E-state index < -0.39 is 12.1 Å². The number of methoxy groups -OCH3 is 1. The summed E-state index contributed by atoms with van der Waals surface area (Å²) in [6, 6.07) is 1.70. The van der Waals surface area contributed by atoms with Crippen LogP contribution < -0.4 is 10.0 Å². The highest BCUT2D eigenvalue weighted by molar-refractivity contribution is 5.70. The molecule has 7 heteroatoms. The standard InChI is InChI=1S/C12H19NO.C2HF3O2/c1-13-10-6-7-11(13)9-5-3-4-8(10)12(9)14-2;3-2(4,5)1(6)7/h3-4,8-12H,5-7H2,1-2H3;(H,6,7)/t8-,9+,10-,11+,12+;/m1./s1. The predicted molar refractivity (Wildman–Crippen MR) is 66.3 cm³/mol. The first-order valence-corrected chi connectivity index (χ1v) is 7.08. The maximum Gasteiger partial charge on any atom is 0.430 e. The van der Waals surface area contributed by atoms with Gasteiger partial charge in [0.05, 0.1) is 31.2 Å². The molecule has 3 aliphatic rings. The van der Waals surface area contributed by atoms with E-state index in [4.69, 9.17) is 14.6 Å². The van der Waals surface area contributed by atoms with Crippen LogP contribution in [-0.4, -0.2) is 44.5 Å². The van der Waals surface area contributed by atoms with Crippen LogP contribution in [0.15, 0.2) is 12.2 Å². The number of aliphatic carboxylic acids is 1. The second kappa shape index (κ2) is 5.96. The second-order valence-electron chi connectivity index (χ2n) is 5.92. The van der Waals surface area contributed by atoms with Crippen LogP contribution in [0.2, 0.25) is 0 Å². The molecule has 4 nitrogen and oxygen atoms in total. The molecule has 21 heavy (non-hydrogen) atoms. The van der Waals surface area contributed by atoms with Gasteiger partial charge >= 0.3 is 6.18 Å². The van der Waals surface area contributed by atoms with Gasteiger partial charge in [-0.1, -0.05) is 12.2 Å². The molecular weight excluding hydrogens is 287 g/mol. The van der Waals surface area contributed by atoms with Crippen molar-refractivity contribution in [3.63, 3.8) is 0 Å². The SMILES string of the molecule is CO[C@H]1[C@@H]2C=CC[C@H]1[C@@H]1CC[C@H]2[NH+]1C.O=C([O-])C(F)(F)F. The number of allylic oxidation sites excluding steroid dienone is 1. The van der Waals surface area contributed by atoms with Crippen molar-refractivity contribution in [2.24, 2.45) is 11.8 Å². The number of carboxylic acids is 1. The van der Waals surface area contributed by atoms with Crippen molar-refractivity contribution in [2.75, 3.05) is 14.2 Å². The Balaban J connectivity index is 0.000000199. The normalized spacial score (nSPS) is 40.4. The maximum atomic E-state index is 10.5. The summed E-state index contributed by atoms with van der Waals surface area (Å²) in [5.41, 5.74) is 0. The molecule has 2 heterocycles. The van der Waals surface area contributed by atoms with E-state index in [0.29, 0.717) is 12.0 Å². The summed E-state index contributed by atoms with van der Waals surface area (Å²) in [6.45, 7) is 0. The minimum absolute atomic E-state index is 0.515. The number of quaternary nitrogens is 1. The molecule has 0 aromatic carbocycles. The average Bonchev–Trinajstić information content (AvgIpc) is 2.74. The van der Waals surface area contributed by atoms with Gasteiger partial charge < -0.3 is 19.5 Å². The first kappa shape index (κ1) is 16.3. The van der Waals surface area contributed by atoms with Crippen LogP contribution in [0.3, 0.4) is 0 Å². The number of carbonyl (C=O) groups is 1. The molecule has 1 N–H and O–H groups in total. The van der Waals surface area contributed by atoms with Crippen molar-refractivity contribution in [3.05, 3.63) is 12.2 Å². The van der Waals surface area contributed by atoms with Gasteiger partial charge in [-0.25, -0.2) is 0 Å². The Morgan fingerprint density at radius 1 is 1.33 bits per heavy atom. The van der Waals surface area contributed by atoms with Gasteiger partial charge in [-0.2, -0.15) is 13.2 Å². The van der Waals surface area contributed by atoms with Gasteiger partial charge in [-0.15, -0.1) is 0 Å². The zero-order chi connectivity index (χ0) is 15.8. The molecule has 0 spiro atoms. The molecule has 1 unspecified atom stereocenters. The van der Waals surface area contributed by atoms with Gasteiger partial charge in [-0.3, -0.25) is 0 Å². The van der Waals surface area contributed by atoms with Crippen LogP contribution in [0.25, 0.3) is 0 Å². The molecule has 0 aromatic rings. The van der Waals surface area contributed by atoms with Crippen molar-refractivity contribution in [3.8, 4) is 0 Å². The third kappa shape index (κ3) is 3.08. The fourth-order valence-electron chi connectivity index (χ4n) is 4.15. The Morgan fingerprint density at radius 2 is 1.90 bits per heavy atom. The summed E-state index contributed by atoms with van der Waals surface area (Å²) < 4.78 is 37.3. The highest BCUT2D eigenvalue weighted by atomic mass is 19.4. The molecule has 0 radical (unpaired) electrons. The summed E-state index contributed by atoms with van der Waals surface area (Å²) in [7, 11) is 4.28. The van der Waals surface area contributed by atoms with Gasteiger partial charge in [0, 0.05) is 25.9 Å². The van der Waals surface area contributed by atoms with E-state index in [-0.39, 0.29) is 0 Å². The second-order valence-corrected chi connectivity index (χ2v) is 5.92. The molecule has 1 aliphatic carbocycles. The summed E-state index contributed by atoms with van der Waals surface area (Å²) in [5, 5.41) is 8.78. The third-order valence-corrected chi connectivity index (χ3v) is 5.01. The molecule has 6 atom stereocenters. The Labute approximate surface area is 121 Å². The van der Waals surface area contributed by atoms with Gasteiger partial charge in [-0.05, 0) is 6.42 Å². The van der Waals surface area contributed by atoms with E-state index in [9.17, 15) is 13.2 Å². The van der Waals surface area contributed by atoms with Gasteiger partial charge in [0.15, 0.2) is 0 Å². The van der Waals surface area contributed by atoms with Gasteiger partial charge in [0.2, 0.25) is 0 Å². The minimum Gasteiger partial charge on any atom is -0.542 e. The van der Waals surface area contributed by atoms with Gasteiger partial charge in [0.1, 0.15) is 5.97 Å². The minimum atomic E-state index is -5.19. The molecule has 0 amide bonds. The van der Waals surface area contributed by atoms with Crippen LogP contribution in [0.1, 0.15) is 19.3 Å². The lowest BCUT2D eigenvalue weighted by Crippen LogP contribution is -3.17. The van der Waals surface area contributed by atoms with Crippen molar-refractivity contribution in [1.29, 1.82) is 0 Å². The highest BCUT2D eigenvalue weighted by Gasteiger charge is 2.55. The summed E-state index contributed by atoms with van der Waals surface area (Å²) in [6.07, 6.45) is 4.19. The third-order valence-electron chi connectivity index (χ3n) is 5.01. The Morgan fingerprint density at radius 3 is 2.43 bits per heavy atom. The van der Waals surface area contributed by atoms with Crippen LogP contribution >= 0.6 is 0 Å². The summed E-state index contributed by atoms with van der Waals surface area (Å²) in [5.74, 6) is -1.53. The van der Waals surface area contributed by atoms with E-state index in [1.807, 2.05) is 7.11 Å². The van der Waals surface area contributed by atoms with E-state index >= 15 is 0 Å². The molecule has 2 aliphatic heterocycles. The number of rotatable bonds is 1. The maximum absolute atomic E-state index is 10.5. The van der Waals surface area contributed by atoms with Crippen LogP contribution in [-0.2, 0) is 9.53 Å². The lowest BCUT2D eigenvalue weighted by atomic mass is 9.74. The number of halogens is 3. The molecule has 3 rings (SSSR count). The largest absolute Gasteiger partial charge is 0.542 e. The lowest BCUT2D eigenvalue weighted by Gasteiger charge is -2.45. The number of hydrogen-bond donors (Lipinski definition) is 1. The molecular formula is C14H20F3NO3. The number of carboxylic acid groups (broad SMARTS) is 1. The molecule has 120 valence electrons. The Kier molecular flexibility index (Phi) is 4.63. The Bertz CT molecular complexity index is 424. The number of ether oxygens (including phenoxy) is 1. The van der Waals surface area contributed by atoms with Crippen molar-refractivity contribution < 1.29 is 32.7 Å². The van der Waals surface area contributed by atoms with E-state index in [1.54, 1.807) is 4.90 Å². The zero-order valence-electron chi connectivity index (χ0n) is 12.0. The molecule has 4 bridgehead atoms. The van der Waals surface area contributed by atoms with E-state index in [1.165, 1.54) is 19.3 Å². The lowest BCUT2D eigenvalue weighted by molar-refractivity contribution is -0.931. The average molecular weight is 307 g/mol. The smallest absolute Gasteiger partial charge is 0.430 e. The first-order valence-electron chi connectivity index (χ1n) is 7.08. The van der Waals surface area contributed by atoms with Crippen molar-refractivity contribution in [1.82, 2.24) is 0 Å². The number of carbonyl (C=O) groups excluding carboxylic acids is 1. The van der Waals surface area contributed by atoms with Crippen molar-refractivity contribution in [2.45, 2.75) is 43.6 Å². The predicted octanol–water partition coefficient (Wildman–Crippen LogP) is -0.448. The Hall–Kier alpha value is -1.08. The van der Waals surface area contributed by atoms with Crippen LogP contribution in [0.4, 0.5) is 13.2 Å². The van der Waals surface area contributed by atoms with Gasteiger partial charge in [0.25, 0.3) is 0 Å². The van der Waals surface area contributed by atoms with E-state index in [0.717, 1.165) is 18.0 Å². The molecule has 0 aromatic heterocycles. The van der Waals surface area contributed by atoms with E-state index in [2.05, 4.69) is 19.2 Å². The number of hydrogen-bond acceptors (Lipinski definition) is 3. The number of piperidine rings is 1. The monoisotopic (exact) mass is 307 g/mol. The summed E-state index contributed by atoms with van der Waals surface area (Å²) >= 11 is 0. The molecule has 2 saturated heterocycles. The number of nitrogens with one attached hydrogen (secondary N) is 1. The highest BCUT2D eigenvalue weighted by Crippen LogP contribution is 2.39. The summed E-state index contributed by atoms with van der Waals surface area (Å²) in [4.78, 5) is 10.6. The number of alkyl halides is 3. The quantitative estimate of drug-likeness (QED) is 0.668. The molecule has 2 fully saturated rings. The van der Waals surface area contributed by atoms with Crippen LogP contribution in [0.5, 0.6) is 0 Å².